The van der Waals surface area contributed by atoms with E-state index in [1.54, 1.807) is 24.3 Å². The number of sulfonamides is 1. The molecule has 1 saturated carbocycles. The van der Waals surface area contributed by atoms with Crippen LogP contribution in [-0.4, -0.2) is 21.0 Å². The van der Waals surface area contributed by atoms with E-state index in [1.807, 2.05) is 0 Å². The van der Waals surface area contributed by atoms with Crippen LogP contribution >= 0.6 is 28.3 Å². The minimum atomic E-state index is -3.48. The summed E-state index contributed by atoms with van der Waals surface area (Å²) in [7, 11) is -3.48. The second-order valence-corrected chi connectivity index (χ2v) is 7.59. The minimum Gasteiger partial charge on any atom is -0.329 e. The van der Waals surface area contributed by atoms with Gasteiger partial charge >= 0.3 is 0 Å². The van der Waals surface area contributed by atoms with E-state index >= 15 is 0 Å². The van der Waals surface area contributed by atoms with Gasteiger partial charge in [-0.3, -0.25) is 0 Å². The predicted molar refractivity (Wildman–Crippen MR) is 86.5 cm³/mol. The molecule has 0 spiro atoms. The van der Waals surface area contributed by atoms with Gasteiger partial charge in [-0.2, -0.15) is 0 Å². The quantitative estimate of drug-likeness (QED) is 0.821. The third-order valence-electron chi connectivity index (χ3n) is 3.65. The van der Waals surface area contributed by atoms with E-state index in [0.29, 0.717) is 12.5 Å². The molecule has 20 heavy (non-hydrogen) atoms. The molecule has 1 aliphatic carbocycles. The van der Waals surface area contributed by atoms with Crippen LogP contribution in [-0.2, 0) is 10.0 Å². The molecular weight excluding hydrogens is 364 g/mol. The molecule has 1 atom stereocenters. The molecule has 0 amide bonds. The van der Waals surface area contributed by atoms with E-state index in [2.05, 4.69) is 20.7 Å². The standard InChI is InChI=1S/C13H19BrN2O2S.ClH/c14-11-5-7-12(8-6-11)19(17,18)16-13(9-15)10-3-1-2-4-10;/h5-8,10,13,16H,1-4,9,15H2;1H. The van der Waals surface area contributed by atoms with Crippen molar-refractivity contribution in [3.05, 3.63) is 28.7 Å². The second kappa shape index (κ2) is 7.75. The zero-order valence-electron chi connectivity index (χ0n) is 11.1. The van der Waals surface area contributed by atoms with Gasteiger partial charge in [-0.1, -0.05) is 28.8 Å². The summed E-state index contributed by atoms with van der Waals surface area (Å²) in [6.45, 7) is 0.348. The first-order valence-corrected chi connectivity index (χ1v) is 8.78. The van der Waals surface area contributed by atoms with Gasteiger partial charge in [0.2, 0.25) is 10.0 Å². The van der Waals surface area contributed by atoms with Crippen LogP contribution in [0.1, 0.15) is 25.7 Å². The molecule has 1 unspecified atom stereocenters. The van der Waals surface area contributed by atoms with Crippen molar-refractivity contribution < 1.29 is 8.42 Å². The number of hydrogen-bond donors (Lipinski definition) is 2. The van der Waals surface area contributed by atoms with E-state index in [9.17, 15) is 8.42 Å². The maximum absolute atomic E-state index is 12.3. The summed E-state index contributed by atoms with van der Waals surface area (Å²) in [6, 6.07) is 6.48. The Bertz CT molecular complexity index is 516. The van der Waals surface area contributed by atoms with Crippen LogP contribution in [0.3, 0.4) is 0 Å². The second-order valence-electron chi connectivity index (χ2n) is 4.96. The van der Waals surface area contributed by atoms with Crippen LogP contribution in [0, 0.1) is 5.92 Å². The fourth-order valence-electron chi connectivity index (χ4n) is 2.58. The van der Waals surface area contributed by atoms with Crippen molar-refractivity contribution in [3.63, 3.8) is 0 Å². The highest BCUT2D eigenvalue weighted by molar-refractivity contribution is 9.10. The third kappa shape index (κ3) is 4.43. The first-order valence-electron chi connectivity index (χ1n) is 6.51. The highest BCUT2D eigenvalue weighted by Crippen LogP contribution is 2.28. The fraction of sp³-hybridized carbons (Fsp3) is 0.538. The molecule has 0 radical (unpaired) electrons. The summed E-state index contributed by atoms with van der Waals surface area (Å²) in [4.78, 5) is 0.284. The average Bonchev–Trinajstić information content (AvgIpc) is 2.90. The van der Waals surface area contributed by atoms with Gasteiger partial charge in [0.1, 0.15) is 0 Å². The van der Waals surface area contributed by atoms with Gasteiger partial charge in [-0.05, 0) is 43.0 Å². The van der Waals surface area contributed by atoms with Crippen molar-refractivity contribution in [1.82, 2.24) is 4.72 Å². The van der Waals surface area contributed by atoms with Gasteiger partial charge in [-0.15, -0.1) is 12.4 Å². The molecule has 7 heteroatoms. The molecule has 114 valence electrons. The number of nitrogens with one attached hydrogen (secondary N) is 1. The average molecular weight is 384 g/mol. The van der Waals surface area contributed by atoms with E-state index in [4.69, 9.17) is 5.73 Å². The van der Waals surface area contributed by atoms with Gasteiger partial charge in [-0.25, -0.2) is 13.1 Å². The lowest BCUT2D eigenvalue weighted by molar-refractivity contribution is 0.405. The molecule has 0 aromatic heterocycles. The maximum atomic E-state index is 12.3. The van der Waals surface area contributed by atoms with Gasteiger partial charge < -0.3 is 5.73 Å². The molecule has 0 heterocycles. The lowest BCUT2D eigenvalue weighted by Gasteiger charge is -2.23. The minimum absolute atomic E-state index is 0. The van der Waals surface area contributed by atoms with Crippen LogP contribution in [0.15, 0.2) is 33.6 Å². The normalized spacial score (nSPS) is 17.7. The molecule has 1 aromatic carbocycles. The number of benzene rings is 1. The van der Waals surface area contributed by atoms with Crippen molar-refractivity contribution in [2.24, 2.45) is 11.7 Å². The van der Waals surface area contributed by atoms with Crippen molar-refractivity contribution in [3.8, 4) is 0 Å². The van der Waals surface area contributed by atoms with Crippen LogP contribution in [0.25, 0.3) is 0 Å². The van der Waals surface area contributed by atoms with Crippen molar-refractivity contribution >= 4 is 38.4 Å². The molecule has 0 saturated heterocycles. The lowest BCUT2D eigenvalue weighted by Crippen LogP contribution is -2.44. The Morgan fingerprint density at radius 1 is 1.25 bits per heavy atom. The van der Waals surface area contributed by atoms with Crippen molar-refractivity contribution in [1.29, 1.82) is 0 Å². The first-order chi connectivity index (χ1) is 9.03. The number of rotatable bonds is 5. The van der Waals surface area contributed by atoms with E-state index in [0.717, 1.165) is 17.3 Å². The largest absolute Gasteiger partial charge is 0.329 e. The van der Waals surface area contributed by atoms with Crippen LogP contribution in [0.5, 0.6) is 0 Å². The van der Waals surface area contributed by atoms with Crippen LogP contribution < -0.4 is 10.5 Å². The van der Waals surface area contributed by atoms with Crippen molar-refractivity contribution in [2.75, 3.05) is 6.54 Å². The molecule has 2 rings (SSSR count). The van der Waals surface area contributed by atoms with E-state index in [-0.39, 0.29) is 23.3 Å². The summed E-state index contributed by atoms with van der Waals surface area (Å²) in [5.41, 5.74) is 5.73. The zero-order chi connectivity index (χ0) is 13.9. The monoisotopic (exact) mass is 382 g/mol. The van der Waals surface area contributed by atoms with Crippen LogP contribution in [0.4, 0.5) is 0 Å². The Hall–Kier alpha value is -0.140. The highest BCUT2D eigenvalue weighted by Gasteiger charge is 2.28. The summed E-state index contributed by atoms with van der Waals surface area (Å²) < 4.78 is 28.2. The van der Waals surface area contributed by atoms with Gasteiger partial charge in [0, 0.05) is 17.1 Å². The third-order valence-corrected chi connectivity index (χ3v) is 5.69. The molecule has 4 nitrogen and oxygen atoms in total. The Labute approximate surface area is 135 Å². The molecule has 1 fully saturated rings. The summed E-state index contributed by atoms with van der Waals surface area (Å²) in [5.74, 6) is 0.371. The molecule has 0 bridgehead atoms. The topological polar surface area (TPSA) is 72.2 Å². The maximum Gasteiger partial charge on any atom is 0.240 e. The molecule has 3 N–H and O–H groups in total. The Kier molecular flexibility index (Phi) is 6.94. The zero-order valence-corrected chi connectivity index (χ0v) is 14.3. The summed E-state index contributed by atoms with van der Waals surface area (Å²) >= 11 is 3.30. The van der Waals surface area contributed by atoms with Crippen molar-refractivity contribution in [2.45, 2.75) is 36.6 Å². The Morgan fingerprint density at radius 2 is 1.80 bits per heavy atom. The number of hydrogen-bond acceptors (Lipinski definition) is 3. The van der Waals surface area contributed by atoms with E-state index in [1.165, 1.54) is 12.8 Å². The number of halogens is 2. The number of nitrogens with two attached hydrogens (primary N) is 1. The van der Waals surface area contributed by atoms with Crippen LogP contribution in [0.2, 0.25) is 0 Å². The fourth-order valence-corrected chi connectivity index (χ4v) is 4.16. The summed E-state index contributed by atoms with van der Waals surface area (Å²) in [5, 5.41) is 0. The van der Waals surface area contributed by atoms with Gasteiger partial charge in [0.05, 0.1) is 4.90 Å². The molecular formula is C13H20BrClN2O2S. The lowest BCUT2D eigenvalue weighted by atomic mass is 9.99. The Balaban J connectivity index is 0.00000200. The summed E-state index contributed by atoms with van der Waals surface area (Å²) in [6.07, 6.45) is 4.46. The van der Waals surface area contributed by atoms with E-state index < -0.39 is 10.0 Å². The smallest absolute Gasteiger partial charge is 0.240 e. The first kappa shape index (κ1) is 17.9. The Morgan fingerprint density at radius 3 is 2.30 bits per heavy atom. The highest BCUT2D eigenvalue weighted by atomic mass is 79.9. The molecule has 1 aromatic rings. The predicted octanol–water partition coefficient (Wildman–Crippen LogP) is 2.67. The van der Waals surface area contributed by atoms with Gasteiger partial charge in [0.15, 0.2) is 0 Å². The molecule has 0 aliphatic heterocycles. The van der Waals surface area contributed by atoms with Gasteiger partial charge in [0.25, 0.3) is 0 Å². The molecule has 1 aliphatic rings. The SMILES string of the molecule is Cl.NCC(NS(=O)(=O)c1ccc(Br)cc1)C1CCCC1.